The van der Waals surface area contributed by atoms with Crippen molar-refractivity contribution in [2.45, 2.75) is 45.6 Å². The number of ether oxygens (including phenoxy) is 1. The second-order valence-electron chi connectivity index (χ2n) is 6.35. The first-order chi connectivity index (χ1) is 9.19. The van der Waals surface area contributed by atoms with Crippen LogP contribution < -0.4 is 0 Å². The summed E-state index contributed by atoms with van der Waals surface area (Å²) in [4.78, 5) is 3.94. The van der Waals surface area contributed by atoms with E-state index in [-0.39, 0.29) is 0 Å². The van der Waals surface area contributed by atoms with E-state index in [1.165, 1.54) is 42.9 Å². The fraction of sp³-hybridized carbons (Fsp3) is 0.857. The van der Waals surface area contributed by atoms with Crippen LogP contribution in [-0.4, -0.2) is 40.8 Å². The van der Waals surface area contributed by atoms with Crippen LogP contribution in [0.5, 0.6) is 0 Å². The first kappa shape index (κ1) is 13.5. The lowest BCUT2D eigenvalue weighted by molar-refractivity contribution is 0.0648. The Morgan fingerprint density at radius 3 is 3.05 bits per heavy atom. The topological polar surface area (TPSA) is 38.2 Å². The van der Waals surface area contributed by atoms with E-state index in [1.54, 1.807) is 11.5 Å². The molecule has 0 unspecified atom stereocenters. The Labute approximate surface area is 119 Å². The molecule has 1 aromatic heterocycles. The third kappa shape index (κ3) is 2.83. The van der Waals surface area contributed by atoms with Crippen LogP contribution in [0, 0.1) is 5.41 Å². The third-order valence-corrected chi connectivity index (χ3v) is 5.15. The van der Waals surface area contributed by atoms with Gasteiger partial charge in [0.05, 0.1) is 17.2 Å². The first-order valence-electron chi connectivity index (χ1n) is 7.30. The molecule has 4 nitrogen and oxygen atoms in total. The van der Waals surface area contributed by atoms with Gasteiger partial charge in [0.1, 0.15) is 0 Å². The minimum Gasteiger partial charge on any atom is -0.381 e. The molecule has 0 amide bonds. The van der Waals surface area contributed by atoms with Gasteiger partial charge >= 0.3 is 0 Å². The van der Waals surface area contributed by atoms with Crippen LogP contribution in [0.4, 0.5) is 0 Å². The van der Waals surface area contributed by atoms with Crippen molar-refractivity contribution >= 4 is 11.5 Å². The van der Waals surface area contributed by atoms with Gasteiger partial charge in [0, 0.05) is 25.1 Å². The second-order valence-corrected chi connectivity index (χ2v) is 7.19. The predicted octanol–water partition coefficient (Wildman–Crippen LogP) is 2.66. The van der Waals surface area contributed by atoms with Crippen LogP contribution in [0.3, 0.4) is 0 Å². The van der Waals surface area contributed by atoms with Crippen molar-refractivity contribution in [2.75, 3.05) is 26.3 Å². The van der Waals surface area contributed by atoms with Gasteiger partial charge in [0.25, 0.3) is 0 Å². The van der Waals surface area contributed by atoms with Gasteiger partial charge in [0.2, 0.25) is 0 Å². The van der Waals surface area contributed by atoms with Crippen molar-refractivity contribution < 1.29 is 4.74 Å². The molecule has 106 valence electrons. The van der Waals surface area contributed by atoms with E-state index < -0.39 is 0 Å². The van der Waals surface area contributed by atoms with Crippen LogP contribution in [0.15, 0.2) is 0 Å². The largest absolute Gasteiger partial charge is 0.381 e. The van der Waals surface area contributed by atoms with Gasteiger partial charge < -0.3 is 4.74 Å². The summed E-state index contributed by atoms with van der Waals surface area (Å²) in [7, 11) is 0. The van der Waals surface area contributed by atoms with E-state index in [4.69, 9.17) is 4.74 Å². The molecule has 1 aromatic rings. The van der Waals surface area contributed by atoms with Crippen molar-refractivity contribution in [2.24, 2.45) is 5.41 Å². The molecular weight excluding hydrogens is 258 g/mol. The van der Waals surface area contributed by atoms with Crippen molar-refractivity contribution in [1.29, 1.82) is 0 Å². The Morgan fingerprint density at radius 1 is 1.42 bits per heavy atom. The number of nitrogens with zero attached hydrogens (tertiary/aromatic N) is 3. The summed E-state index contributed by atoms with van der Waals surface area (Å²) in [6, 6.07) is 0. The summed E-state index contributed by atoms with van der Waals surface area (Å²) in [5.74, 6) is 0.474. The van der Waals surface area contributed by atoms with Crippen molar-refractivity contribution in [3.63, 3.8) is 0 Å². The van der Waals surface area contributed by atoms with Crippen molar-refractivity contribution in [3.05, 3.63) is 10.6 Å². The summed E-state index contributed by atoms with van der Waals surface area (Å²) in [6.07, 6.45) is 3.87. The van der Waals surface area contributed by atoms with E-state index in [9.17, 15) is 0 Å². The highest BCUT2D eigenvalue weighted by Gasteiger charge is 2.39. The smallest absolute Gasteiger partial charge is 0.0826 e. The molecule has 0 aromatic carbocycles. The molecule has 3 rings (SSSR count). The molecule has 1 spiro atoms. The lowest BCUT2D eigenvalue weighted by Gasteiger charge is -2.39. The number of rotatable bonds is 3. The fourth-order valence-electron chi connectivity index (χ4n) is 3.38. The van der Waals surface area contributed by atoms with Gasteiger partial charge in [-0.2, -0.15) is 0 Å². The molecule has 1 atom stereocenters. The Kier molecular flexibility index (Phi) is 3.87. The quantitative estimate of drug-likeness (QED) is 0.854. The predicted molar refractivity (Wildman–Crippen MR) is 76.4 cm³/mol. The lowest BCUT2D eigenvalue weighted by atomic mass is 9.79. The maximum Gasteiger partial charge on any atom is 0.0826 e. The number of piperidine rings is 1. The molecule has 2 aliphatic rings. The van der Waals surface area contributed by atoms with Gasteiger partial charge in [-0.1, -0.05) is 18.3 Å². The summed E-state index contributed by atoms with van der Waals surface area (Å²) >= 11 is 1.57. The second kappa shape index (κ2) is 5.46. The molecule has 2 aliphatic heterocycles. The third-order valence-electron chi connectivity index (χ3n) is 4.42. The average Bonchev–Trinajstić information content (AvgIpc) is 2.99. The zero-order chi connectivity index (χ0) is 13.3. The van der Waals surface area contributed by atoms with Crippen LogP contribution in [-0.2, 0) is 11.3 Å². The molecule has 5 heteroatoms. The lowest BCUT2D eigenvalue weighted by Crippen LogP contribution is -2.43. The van der Waals surface area contributed by atoms with E-state index in [2.05, 4.69) is 28.3 Å². The molecule has 0 bridgehead atoms. The van der Waals surface area contributed by atoms with Crippen LogP contribution in [0.25, 0.3) is 0 Å². The fourth-order valence-corrected chi connectivity index (χ4v) is 4.22. The van der Waals surface area contributed by atoms with Crippen LogP contribution >= 0.6 is 11.5 Å². The Hall–Kier alpha value is -0.520. The number of hydrogen-bond acceptors (Lipinski definition) is 5. The average molecular weight is 281 g/mol. The van der Waals surface area contributed by atoms with Gasteiger partial charge in [-0.25, -0.2) is 0 Å². The van der Waals surface area contributed by atoms with Crippen LogP contribution in [0.1, 0.15) is 49.6 Å². The minimum atomic E-state index is 0.439. The Bertz CT molecular complexity index is 426. The SMILES string of the molecule is CC(C)c1nnsc1CN1CCC[C@]2(CCOC2)C1. The van der Waals surface area contributed by atoms with Gasteiger partial charge in [-0.15, -0.1) is 5.10 Å². The molecule has 0 N–H and O–H groups in total. The first-order valence-corrected chi connectivity index (χ1v) is 8.07. The number of likely N-dealkylation sites (tertiary alicyclic amines) is 1. The molecule has 2 saturated heterocycles. The molecular formula is C14H23N3OS. The normalized spacial score (nSPS) is 28.6. The van der Waals surface area contributed by atoms with Crippen LogP contribution in [0.2, 0.25) is 0 Å². The zero-order valence-electron chi connectivity index (χ0n) is 11.9. The molecule has 0 saturated carbocycles. The standard InChI is InChI=1S/C14H23N3OS/c1-11(2)13-12(19-16-15-13)8-17-6-3-4-14(9-17)5-7-18-10-14/h11H,3-10H2,1-2H3/t14-/m0/s1. The van der Waals surface area contributed by atoms with Gasteiger partial charge in [-0.05, 0) is 43.3 Å². The molecule has 0 radical (unpaired) electrons. The maximum atomic E-state index is 5.63. The summed E-state index contributed by atoms with van der Waals surface area (Å²) in [6.45, 7) is 9.71. The van der Waals surface area contributed by atoms with E-state index >= 15 is 0 Å². The van der Waals surface area contributed by atoms with Crippen molar-refractivity contribution in [1.82, 2.24) is 14.5 Å². The Morgan fingerprint density at radius 2 is 2.32 bits per heavy atom. The highest BCUT2D eigenvalue weighted by Crippen LogP contribution is 2.38. The van der Waals surface area contributed by atoms with Gasteiger partial charge in [0.15, 0.2) is 0 Å². The maximum absolute atomic E-state index is 5.63. The van der Waals surface area contributed by atoms with E-state index in [1.807, 2.05) is 0 Å². The molecule has 0 aliphatic carbocycles. The minimum absolute atomic E-state index is 0.439. The highest BCUT2D eigenvalue weighted by molar-refractivity contribution is 7.05. The summed E-state index contributed by atoms with van der Waals surface area (Å²) in [5, 5.41) is 4.29. The zero-order valence-corrected chi connectivity index (χ0v) is 12.7. The highest BCUT2D eigenvalue weighted by atomic mass is 32.1. The summed E-state index contributed by atoms with van der Waals surface area (Å²) in [5.41, 5.74) is 1.63. The number of aromatic nitrogens is 2. The Balaban J connectivity index is 1.67. The molecule has 2 fully saturated rings. The van der Waals surface area contributed by atoms with Gasteiger partial charge in [-0.3, -0.25) is 4.90 Å². The monoisotopic (exact) mass is 281 g/mol. The van der Waals surface area contributed by atoms with E-state index in [0.29, 0.717) is 11.3 Å². The molecule has 3 heterocycles. The number of hydrogen-bond donors (Lipinski definition) is 0. The van der Waals surface area contributed by atoms with Crippen molar-refractivity contribution in [3.8, 4) is 0 Å². The molecule has 19 heavy (non-hydrogen) atoms. The van der Waals surface area contributed by atoms with E-state index in [0.717, 1.165) is 19.8 Å². The summed E-state index contributed by atoms with van der Waals surface area (Å²) < 4.78 is 9.77.